The topological polar surface area (TPSA) is 41.5 Å². The standard InChI is InChI=1S/C16H27NO2/c1-12-8-13(2)14(15(9-12)19-5)6-7-17-10-16(3,4)11-18/h8-9,17-18H,6-7,10-11H2,1-5H3. The van der Waals surface area contributed by atoms with Gasteiger partial charge in [0.05, 0.1) is 7.11 Å². The first-order chi connectivity index (χ1) is 8.89. The normalized spacial score (nSPS) is 11.7. The summed E-state index contributed by atoms with van der Waals surface area (Å²) >= 11 is 0. The fourth-order valence-corrected chi connectivity index (χ4v) is 2.16. The van der Waals surface area contributed by atoms with E-state index >= 15 is 0 Å². The lowest BCUT2D eigenvalue weighted by atomic mass is 9.95. The smallest absolute Gasteiger partial charge is 0.122 e. The minimum absolute atomic E-state index is 0.0631. The van der Waals surface area contributed by atoms with Crippen molar-refractivity contribution in [2.75, 3.05) is 26.8 Å². The molecule has 3 heteroatoms. The first-order valence-electron chi connectivity index (χ1n) is 6.85. The molecular formula is C16H27NO2. The van der Waals surface area contributed by atoms with Crippen LogP contribution < -0.4 is 10.1 Å². The highest BCUT2D eigenvalue weighted by Crippen LogP contribution is 2.24. The van der Waals surface area contributed by atoms with E-state index in [2.05, 4.69) is 45.1 Å². The van der Waals surface area contributed by atoms with Gasteiger partial charge in [0.15, 0.2) is 0 Å². The van der Waals surface area contributed by atoms with Gasteiger partial charge in [-0.1, -0.05) is 19.9 Å². The number of ether oxygens (including phenoxy) is 1. The van der Waals surface area contributed by atoms with Gasteiger partial charge in [0, 0.05) is 18.6 Å². The quantitative estimate of drug-likeness (QED) is 0.744. The lowest BCUT2D eigenvalue weighted by molar-refractivity contribution is 0.157. The van der Waals surface area contributed by atoms with E-state index in [9.17, 15) is 5.11 Å². The summed E-state index contributed by atoms with van der Waals surface area (Å²) in [6, 6.07) is 4.27. The molecule has 108 valence electrons. The molecule has 0 bridgehead atoms. The maximum absolute atomic E-state index is 9.21. The molecule has 1 rings (SSSR count). The molecule has 0 aliphatic heterocycles. The first-order valence-corrected chi connectivity index (χ1v) is 6.85. The molecule has 0 aliphatic carbocycles. The number of nitrogens with one attached hydrogen (secondary N) is 1. The van der Waals surface area contributed by atoms with Crippen LogP contribution in [0.1, 0.15) is 30.5 Å². The molecule has 0 amide bonds. The van der Waals surface area contributed by atoms with Gasteiger partial charge in [-0.2, -0.15) is 0 Å². The summed E-state index contributed by atoms with van der Waals surface area (Å²) in [5.41, 5.74) is 3.71. The second-order valence-electron chi connectivity index (χ2n) is 6.01. The Bertz CT molecular complexity index is 413. The average Bonchev–Trinajstić information content (AvgIpc) is 2.35. The molecule has 0 aliphatic rings. The molecule has 0 heterocycles. The highest BCUT2D eigenvalue weighted by atomic mass is 16.5. The van der Waals surface area contributed by atoms with Gasteiger partial charge in [0.25, 0.3) is 0 Å². The lowest BCUT2D eigenvalue weighted by Gasteiger charge is -2.22. The number of benzene rings is 1. The SMILES string of the molecule is COc1cc(C)cc(C)c1CCNCC(C)(C)CO. The Labute approximate surface area is 117 Å². The summed E-state index contributed by atoms with van der Waals surface area (Å²) in [6.45, 7) is 10.2. The van der Waals surface area contributed by atoms with Gasteiger partial charge in [0.1, 0.15) is 5.75 Å². The van der Waals surface area contributed by atoms with Crippen molar-refractivity contribution in [3.05, 3.63) is 28.8 Å². The van der Waals surface area contributed by atoms with Crippen LogP contribution in [0.4, 0.5) is 0 Å². The van der Waals surface area contributed by atoms with Crippen LogP contribution in [0.25, 0.3) is 0 Å². The third-order valence-corrected chi connectivity index (χ3v) is 3.38. The summed E-state index contributed by atoms with van der Waals surface area (Å²) in [7, 11) is 1.72. The molecule has 2 N–H and O–H groups in total. The summed E-state index contributed by atoms with van der Waals surface area (Å²) in [5.74, 6) is 0.973. The number of aliphatic hydroxyl groups excluding tert-OH is 1. The molecule has 0 saturated heterocycles. The number of methoxy groups -OCH3 is 1. The monoisotopic (exact) mass is 265 g/mol. The van der Waals surface area contributed by atoms with Crippen LogP contribution in [-0.2, 0) is 6.42 Å². The second kappa shape index (κ2) is 6.92. The van der Waals surface area contributed by atoms with Crippen molar-refractivity contribution in [3.63, 3.8) is 0 Å². The van der Waals surface area contributed by atoms with Gasteiger partial charge in [-0.15, -0.1) is 0 Å². The van der Waals surface area contributed by atoms with Gasteiger partial charge in [-0.3, -0.25) is 0 Å². The first kappa shape index (κ1) is 16.0. The Balaban J connectivity index is 2.58. The van der Waals surface area contributed by atoms with E-state index in [0.29, 0.717) is 0 Å². The molecule has 19 heavy (non-hydrogen) atoms. The molecule has 0 spiro atoms. The number of aryl methyl sites for hydroxylation is 2. The summed E-state index contributed by atoms with van der Waals surface area (Å²) in [6.07, 6.45) is 0.941. The Kier molecular flexibility index (Phi) is 5.83. The molecule has 0 aromatic heterocycles. The van der Waals surface area contributed by atoms with Gasteiger partial charge in [-0.05, 0) is 49.6 Å². The zero-order valence-electron chi connectivity index (χ0n) is 12.8. The number of rotatable bonds is 7. The third-order valence-electron chi connectivity index (χ3n) is 3.38. The third kappa shape index (κ3) is 4.84. The van der Waals surface area contributed by atoms with Crippen molar-refractivity contribution < 1.29 is 9.84 Å². The van der Waals surface area contributed by atoms with Crippen molar-refractivity contribution in [2.24, 2.45) is 5.41 Å². The van der Waals surface area contributed by atoms with Crippen LogP contribution in [0.3, 0.4) is 0 Å². The van der Waals surface area contributed by atoms with E-state index in [1.54, 1.807) is 7.11 Å². The fourth-order valence-electron chi connectivity index (χ4n) is 2.16. The van der Waals surface area contributed by atoms with Crippen LogP contribution in [-0.4, -0.2) is 31.9 Å². The van der Waals surface area contributed by atoms with E-state index in [0.717, 1.165) is 25.3 Å². The largest absolute Gasteiger partial charge is 0.496 e. The van der Waals surface area contributed by atoms with E-state index in [1.807, 2.05) is 0 Å². The van der Waals surface area contributed by atoms with E-state index in [-0.39, 0.29) is 12.0 Å². The van der Waals surface area contributed by atoms with Crippen molar-refractivity contribution in [3.8, 4) is 5.75 Å². The highest BCUT2D eigenvalue weighted by Gasteiger charge is 2.15. The van der Waals surface area contributed by atoms with Gasteiger partial charge < -0.3 is 15.2 Å². The van der Waals surface area contributed by atoms with E-state index < -0.39 is 0 Å². The maximum atomic E-state index is 9.21. The number of aliphatic hydroxyl groups is 1. The van der Waals surface area contributed by atoms with Crippen LogP contribution in [0.5, 0.6) is 5.75 Å². The zero-order valence-corrected chi connectivity index (χ0v) is 12.8. The van der Waals surface area contributed by atoms with Gasteiger partial charge in [-0.25, -0.2) is 0 Å². The highest BCUT2D eigenvalue weighted by molar-refractivity contribution is 5.43. The molecule has 1 aromatic rings. The maximum Gasteiger partial charge on any atom is 0.122 e. The molecule has 0 unspecified atom stereocenters. The summed E-state index contributed by atoms with van der Waals surface area (Å²) in [4.78, 5) is 0. The average molecular weight is 265 g/mol. The van der Waals surface area contributed by atoms with E-state index in [1.165, 1.54) is 16.7 Å². The summed E-state index contributed by atoms with van der Waals surface area (Å²) in [5, 5.41) is 12.6. The fraction of sp³-hybridized carbons (Fsp3) is 0.625. The van der Waals surface area contributed by atoms with Crippen molar-refractivity contribution >= 4 is 0 Å². The van der Waals surface area contributed by atoms with Crippen LogP contribution >= 0.6 is 0 Å². The Morgan fingerprint density at radius 1 is 1.26 bits per heavy atom. The van der Waals surface area contributed by atoms with Crippen molar-refractivity contribution in [1.82, 2.24) is 5.32 Å². The molecule has 0 atom stereocenters. The molecule has 0 fully saturated rings. The van der Waals surface area contributed by atoms with E-state index in [4.69, 9.17) is 4.74 Å². The summed E-state index contributed by atoms with van der Waals surface area (Å²) < 4.78 is 5.46. The molecule has 1 aromatic carbocycles. The van der Waals surface area contributed by atoms with Gasteiger partial charge in [0.2, 0.25) is 0 Å². The Hall–Kier alpha value is -1.06. The van der Waals surface area contributed by atoms with Crippen molar-refractivity contribution in [2.45, 2.75) is 34.1 Å². The molecule has 0 saturated carbocycles. The molecular weight excluding hydrogens is 238 g/mol. The second-order valence-corrected chi connectivity index (χ2v) is 6.01. The predicted molar refractivity (Wildman–Crippen MR) is 79.9 cm³/mol. The zero-order chi connectivity index (χ0) is 14.5. The Morgan fingerprint density at radius 3 is 2.53 bits per heavy atom. The number of hydrogen-bond acceptors (Lipinski definition) is 3. The molecule has 0 radical (unpaired) electrons. The van der Waals surface area contributed by atoms with Crippen LogP contribution in [0.2, 0.25) is 0 Å². The minimum atomic E-state index is -0.0631. The molecule has 3 nitrogen and oxygen atoms in total. The lowest BCUT2D eigenvalue weighted by Crippen LogP contribution is -2.33. The van der Waals surface area contributed by atoms with Gasteiger partial charge >= 0.3 is 0 Å². The predicted octanol–water partition coefficient (Wildman–Crippen LogP) is 2.46. The Morgan fingerprint density at radius 2 is 1.95 bits per heavy atom. The minimum Gasteiger partial charge on any atom is -0.496 e. The number of hydrogen-bond donors (Lipinski definition) is 2. The van der Waals surface area contributed by atoms with Crippen molar-refractivity contribution in [1.29, 1.82) is 0 Å². The van der Waals surface area contributed by atoms with Crippen LogP contribution in [0.15, 0.2) is 12.1 Å². The van der Waals surface area contributed by atoms with Crippen LogP contribution in [0, 0.1) is 19.3 Å².